The number of aromatic hydroxyl groups is 2. The Balaban J connectivity index is 0.983. The lowest BCUT2D eigenvalue weighted by Crippen LogP contribution is -2.59. The first-order chi connectivity index (χ1) is 31.1. The van der Waals surface area contributed by atoms with E-state index in [1.54, 1.807) is 14.0 Å². The van der Waals surface area contributed by atoms with Gasteiger partial charge in [-0.2, -0.15) is 0 Å². The van der Waals surface area contributed by atoms with Gasteiger partial charge in [-0.25, -0.2) is 0 Å². The van der Waals surface area contributed by atoms with Gasteiger partial charge < -0.3 is 54.2 Å². The van der Waals surface area contributed by atoms with Gasteiger partial charge in [0.1, 0.15) is 35.6 Å². The number of ketones is 3. The van der Waals surface area contributed by atoms with Crippen molar-refractivity contribution in [2.45, 2.75) is 118 Å². The molecule has 65 heavy (non-hydrogen) atoms. The van der Waals surface area contributed by atoms with Crippen molar-refractivity contribution in [1.29, 1.82) is 0 Å². The minimum Gasteiger partial charge on any atom is -0.507 e. The van der Waals surface area contributed by atoms with E-state index in [9.17, 15) is 49.2 Å². The fourth-order valence-corrected chi connectivity index (χ4v) is 12.5. The Hall–Kier alpha value is -4.51. The molecular formula is C45H53N3O16S. The molecule has 0 aromatic heterocycles. The Morgan fingerprint density at radius 2 is 1.74 bits per heavy atom. The lowest BCUT2D eigenvalue weighted by Gasteiger charge is -2.45. The number of carbonyl (C=O) groups excluding carboxylic acids is 6. The zero-order chi connectivity index (χ0) is 46.2. The number of fused-ring (bicyclic) bond motifs is 6. The van der Waals surface area contributed by atoms with Crippen LogP contribution in [0.5, 0.6) is 17.2 Å². The van der Waals surface area contributed by atoms with Crippen molar-refractivity contribution in [3.05, 3.63) is 51.6 Å². The molecule has 5 N–H and O–H groups in total. The zero-order valence-electron chi connectivity index (χ0n) is 36.4. The van der Waals surface area contributed by atoms with E-state index in [2.05, 4.69) is 5.32 Å². The number of thioether (sulfide) groups is 1. The maximum absolute atomic E-state index is 14.2. The van der Waals surface area contributed by atoms with E-state index < -0.39 is 119 Å². The van der Waals surface area contributed by atoms with Crippen molar-refractivity contribution in [3.8, 4) is 17.2 Å². The largest absolute Gasteiger partial charge is 0.507 e. The van der Waals surface area contributed by atoms with E-state index in [1.165, 1.54) is 49.1 Å². The summed E-state index contributed by atoms with van der Waals surface area (Å²) in [5.41, 5.74) is -3.88. The standard InChI is InChI=1S/C45H53N3O16S/c1-19-40-24(48-30(18-61-44(60-4)43(48)64-40)65-27-13-29(51)47(42(27)57)16-20-8-10-21(11-9-20)41(56)46-2)12-31(62-19)63-26-15-45(58,28(50)17-49)14-23-33(26)39(55)35-34(37(23)53)36(52)22-6-5-7-25(59-3)32(22)38(35)54/h5-7,19-21,24,26-27,30-31,40,43-44,49,53,55,58H,8-18H2,1-4H3,(H,46,56)/t19-,20?,21?,24-,26-,27?,30?,31-,40+,43+,44-,45-/m0/s1. The number of hydrogen-bond donors (Lipinski definition) is 5. The molecule has 4 saturated heterocycles. The second kappa shape index (κ2) is 17.6. The van der Waals surface area contributed by atoms with E-state index >= 15 is 0 Å². The summed E-state index contributed by atoms with van der Waals surface area (Å²) in [6.45, 7) is 1.11. The number of nitrogens with one attached hydrogen (secondary N) is 1. The van der Waals surface area contributed by atoms with Gasteiger partial charge in [0.2, 0.25) is 23.5 Å². The maximum Gasteiger partial charge on any atom is 0.242 e. The minimum absolute atomic E-state index is 0.00304. The van der Waals surface area contributed by atoms with Crippen LogP contribution in [-0.2, 0) is 49.3 Å². The third kappa shape index (κ3) is 7.63. The van der Waals surface area contributed by atoms with Gasteiger partial charge in [0.05, 0.1) is 53.2 Å². The molecule has 2 unspecified atom stereocenters. The molecule has 5 fully saturated rings. The van der Waals surface area contributed by atoms with Crippen molar-refractivity contribution in [1.82, 2.24) is 15.1 Å². The van der Waals surface area contributed by atoms with Crippen LogP contribution in [0.2, 0.25) is 0 Å². The smallest absolute Gasteiger partial charge is 0.242 e. The first-order valence-electron chi connectivity index (χ1n) is 22.0. The molecule has 9 rings (SSSR count). The highest BCUT2D eigenvalue weighted by Gasteiger charge is 2.58. The number of aliphatic hydroxyl groups is 2. The average molecular weight is 924 g/mol. The molecule has 2 aromatic rings. The van der Waals surface area contributed by atoms with Gasteiger partial charge in [0.15, 0.2) is 30.4 Å². The molecule has 2 aromatic carbocycles. The molecule has 0 spiro atoms. The first kappa shape index (κ1) is 45.6. The molecule has 0 bridgehead atoms. The molecule has 0 radical (unpaired) electrons. The highest BCUT2D eigenvalue weighted by Crippen LogP contribution is 2.53. The lowest BCUT2D eigenvalue weighted by atomic mass is 9.72. The Labute approximate surface area is 378 Å². The second-order valence-corrected chi connectivity index (χ2v) is 19.3. The summed E-state index contributed by atoms with van der Waals surface area (Å²) in [6, 6.07) is 3.90. The van der Waals surface area contributed by atoms with Gasteiger partial charge in [0, 0.05) is 75.0 Å². The van der Waals surface area contributed by atoms with E-state index in [0.29, 0.717) is 19.4 Å². The van der Waals surface area contributed by atoms with Crippen LogP contribution in [0.3, 0.4) is 0 Å². The summed E-state index contributed by atoms with van der Waals surface area (Å²) in [6.07, 6.45) is -3.59. The van der Waals surface area contributed by atoms with Gasteiger partial charge in [-0.05, 0) is 44.6 Å². The van der Waals surface area contributed by atoms with Crippen LogP contribution in [0.25, 0.3) is 0 Å². The number of phenolic OH excluding ortho intramolecular Hbond substituents is 2. The van der Waals surface area contributed by atoms with Crippen molar-refractivity contribution < 1.29 is 77.6 Å². The van der Waals surface area contributed by atoms with E-state index in [-0.39, 0.29) is 77.0 Å². The van der Waals surface area contributed by atoms with Crippen LogP contribution in [0.15, 0.2) is 18.2 Å². The third-order valence-corrected chi connectivity index (χ3v) is 15.7. The summed E-state index contributed by atoms with van der Waals surface area (Å²) in [7, 11) is 4.42. The normalized spacial score (nSPS) is 34.4. The van der Waals surface area contributed by atoms with Crippen molar-refractivity contribution in [2.24, 2.45) is 11.8 Å². The molecule has 1 saturated carbocycles. The highest BCUT2D eigenvalue weighted by molar-refractivity contribution is 8.01. The molecule has 20 heteroatoms. The number of benzene rings is 2. The van der Waals surface area contributed by atoms with Crippen molar-refractivity contribution >= 4 is 46.8 Å². The third-order valence-electron chi connectivity index (χ3n) is 14.3. The summed E-state index contributed by atoms with van der Waals surface area (Å²) < 4.78 is 36.7. The van der Waals surface area contributed by atoms with Gasteiger partial charge in [0.25, 0.3) is 0 Å². The molecule has 3 aliphatic carbocycles. The first-order valence-corrected chi connectivity index (χ1v) is 22.9. The molecular weight excluding hydrogens is 871 g/mol. The number of rotatable bonds is 11. The topological polar surface area (TPSA) is 257 Å². The number of imide groups is 1. The molecule has 350 valence electrons. The van der Waals surface area contributed by atoms with Gasteiger partial charge in [-0.15, -0.1) is 11.8 Å². The Morgan fingerprint density at radius 1 is 1.00 bits per heavy atom. The number of carbonyl (C=O) groups is 6. The molecule has 3 amide bonds. The summed E-state index contributed by atoms with van der Waals surface area (Å²) in [4.78, 5) is 84.2. The van der Waals surface area contributed by atoms with Crippen molar-refractivity contribution in [2.75, 3.05) is 41.0 Å². The minimum atomic E-state index is -2.33. The van der Waals surface area contributed by atoms with Crippen LogP contribution < -0.4 is 10.1 Å². The van der Waals surface area contributed by atoms with Gasteiger partial charge >= 0.3 is 0 Å². The predicted octanol–water partition coefficient (Wildman–Crippen LogP) is 1.45. The zero-order valence-corrected chi connectivity index (χ0v) is 37.2. The lowest BCUT2D eigenvalue weighted by molar-refractivity contribution is -0.257. The Kier molecular flexibility index (Phi) is 12.4. The number of aliphatic hydroxyl groups excluding tert-OH is 1. The molecule has 4 aliphatic heterocycles. The van der Waals surface area contributed by atoms with Crippen LogP contribution in [0, 0.1) is 11.8 Å². The van der Waals surface area contributed by atoms with Gasteiger partial charge in [-0.1, -0.05) is 12.1 Å². The molecule has 19 nitrogen and oxygen atoms in total. The number of ether oxygens (including phenoxy) is 6. The SMILES string of the molecule is CNC(=O)C1CCC(CN2C(=O)CC(SC3CO[C@H](OC)[C@H]4O[C@@H]5[C@H](C)O[C@@H](O[C@H]6C[C@](O)(C(=O)CO)Cc7c(O)c8c(c(O)c76)C(=O)c6c(OC)cccc6C8=O)C[C@@H]5N34)C2=O)CC1. The number of likely N-dealkylation sites (tertiary alicyclic amines) is 1. The number of morpholine rings is 1. The number of methoxy groups -OCH3 is 2. The predicted molar refractivity (Wildman–Crippen MR) is 225 cm³/mol. The average Bonchev–Trinajstić information content (AvgIpc) is 3.82. The van der Waals surface area contributed by atoms with Gasteiger partial charge in [-0.3, -0.25) is 38.6 Å². The van der Waals surface area contributed by atoms with Crippen molar-refractivity contribution in [3.63, 3.8) is 0 Å². The number of nitrogens with zero attached hydrogens (tertiary/aromatic N) is 2. The summed E-state index contributed by atoms with van der Waals surface area (Å²) in [5.74, 6) is -4.45. The van der Waals surface area contributed by atoms with E-state index in [0.717, 1.165) is 12.8 Å². The number of Topliss-reactive ketones (excluding diaryl/α,β-unsaturated/α-hetero) is 1. The fraction of sp³-hybridized carbons (Fsp3) is 0.600. The fourth-order valence-electron chi connectivity index (χ4n) is 11.0. The Bertz CT molecular complexity index is 2320. The number of amides is 3. The highest BCUT2D eigenvalue weighted by atomic mass is 32.2. The second-order valence-electron chi connectivity index (χ2n) is 17.9. The summed E-state index contributed by atoms with van der Waals surface area (Å²) >= 11 is 1.30. The molecule has 10 atom stereocenters. The quantitative estimate of drug-likeness (QED) is 0.135. The molecule has 7 aliphatic rings. The number of phenols is 2. The monoisotopic (exact) mass is 923 g/mol. The van der Waals surface area contributed by atoms with Crippen LogP contribution in [0.4, 0.5) is 0 Å². The van der Waals surface area contributed by atoms with E-state index in [1.807, 2.05) is 4.90 Å². The van der Waals surface area contributed by atoms with Crippen LogP contribution in [-0.4, -0.2) is 160 Å². The van der Waals surface area contributed by atoms with E-state index in [4.69, 9.17) is 28.4 Å². The van der Waals surface area contributed by atoms with Crippen LogP contribution in [0.1, 0.15) is 101 Å². The summed E-state index contributed by atoms with van der Waals surface area (Å²) in [5, 5.41) is 47.1. The maximum atomic E-state index is 14.2. The molecule has 4 heterocycles. The Morgan fingerprint density at radius 3 is 2.43 bits per heavy atom. The van der Waals surface area contributed by atoms with Crippen LogP contribution >= 0.6 is 11.8 Å². The number of hydrogen-bond acceptors (Lipinski definition) is 18.